The highest BCUT2D eigenvalue weighted by Crippen LogP contribution is 2.21. The lowest BCUT2D eigenvalue weighted by molar-refractivity contribution is 0.185. The molecule has 18 heavy (non-hydrogen) atoms. The Hall–Kier alpha value is -0.640. The van der Waals surface area contributed by atoms with Crippen LogP contribution in [0.4, 0.5) is 4.39 Å². The quantitative estimate of drug-likeness (QED) is 0.883. The number of nitrogens with zero attached hydrogens (tertiary/aromatic N) is 1. The van der Waals surface area contributed by atoms with Crippen molar-refractivity contribution in [2.75, 3.05) is 20.6 Å². The third-order valence-corrected chi connectivity index (χ3v) is 3.78. The molecule has 1 rings (SSSR count). The van der Waals surface area contributed by atoms with Gasteiger partial charge in [-0.3, -0.25) is 0 Å². The minimum absolute atomic E-state index is 0.0675. The highest BCUT2D eigenvalue weighted by Gasteiger charge is 2.21. The van der Waals surface area contributed by atoms with Crippen LogP contribution in [0.25, 0.3) is 0 Å². The van der Waals surface area contributed by atoms with E-state index in [0.717, 1.165) is 12.1 Å². The molecule has 0 bridgehead atoms. The molecule has 0 amide bonds. The standard InChI is InChI=1S/C14H22ClFN2/c1-10(17-9-14(2,3)18(4)5)11-6-7-13(16)12(15)8-11/h6-8,10,17H,9H2,1-5H3. The van der Waals surface area contributed by atoms with Crippen molar-refractivity contribution in [1.82, 2.24) is 10.2 Å². The minimum Gasteiger partial charge on any atom is -0.308 e. The lowest BCUT2D eigenvalue weighted by Crippen LogP contribution is -2.47. The van der Waals surface area contributed by atoms with Gasteiger partial charge < -0.3 is 10.2 Å². The van der Waals surface area contributed by atoms with Gasteiger partial charge in [0.05, 0.1) is 5.02 Å². The number of halogens is 2. The Morgan fingerprint density at radius 3 is 2.50 bits per heavy atom. The Balaban J connectivity index is 2.66. The molecular weight excluding hydrogens is 251 g/mol. The van der Waals surface area contributed by atoms with Crippen molar-refractivity contribution in [3.05, 3.63) is 34.6 Å². The normalized spacial score (nSPS) is 14.0. The van der Waals surface area contributed by atoms with Gasteiger partial charge >= 0.3 is 0 Å². The third kappa shape index (κ3) is 3.94. The van der Waals surface area contributed by atoms with Crippen LogP contribution < -0.4 is 5.32 Å². The first kappa shape index (κ1) is 15.4. The van der Waals surface area contributed by atoms with Gasteiger partial charge in [-0.25, -0.2) is 4.39 Å². The zero-order valence-corrected chi connectivity index (χ0v) is 12.5. The summed E-state index contributed by atoms with van der Waals surface area (Å²) in [6.07, 6.45) is 0. The van der Waals surface area contributed by atoms with Crippen molar-refractivity contribution in [3.63, 3.8) is 0 Å². The fourth-order valence-electron chi connectivity index (χ4n) is 1.46. The van der Waals surface area contributed by atoms with Gasteiger partial charge in [0.15, 0.2) is 0 Å². The average molecular weight is 273 g/mol. The third-order valence-electron chi connectivity index (χ3n) is 3.50. The van der Waals surface area contributed by atoms with Crippen LogP contribution in [-0.4, -0.2) is 31.1 Å². The Kier molecular flexibility index (Phi) is 5.14. The van der Waals surface area contributed by atoms with Crippen LogP contribution in [0, 0.1) is 5.82 Å². The van der Waals surface area contributed by atoms with Crippen LogP contribution in [0.5, 0.6) is 0 Å². The van der Waals surface area contributed by atoms with Crippen molar-refractivity contribution < 1.29 is 4.39 Å². The summed E-state index contributed by atoms with van der Waals surface area (Å²) in [4.78, 5) is 2.17. The highest BCUT2D eigenvalue weighted by atomic mass is 35.5. The first-order chi connectivity index (χ1) is 8.24. The van der Waals surface area contributed by atoms with Crippen molar-refractivity contribution in [3.8, 4) is 0 Å². The molecule has 1 atom stereocenters. The summed E-state index contributed by atoms with van der Waals surface area (Å²) >= 11 is 5.79. The van der Waals surface area contributed by atoms with E-state index in [1.54, 1.807) is 12.1 Å². The van der Waals surface area contributed by atoms with Gasteiger partial charge in [-0.2, -0.15) is 0 Å². The zero-order valence-electron chi connectivity index (χ0n) is 11.7. The van der Waals surface area contributed by atoms with E-state index in [1.807, 2.05) is 0 Å². The maximum absolute atomic E-state index is 13.1. The van der Waals surface area contributed by atoms with E-state index >= 15 is 0 Å². The van der Waals surface area contributed by atoms with Gasteiger partial charge in [-0.15, -0.1) is 0 Å². The van der Waals surface area contributed by atoms with Gasteiger partial charge in [0.1, 0.15) is 5.82 Å². The van der Waals surface area contributed by atoms with E-state index in [9.17, 15) is 4.39 Å². The van der Waals surface area contributed by atoms with Crippen molar-refractivity contribution >= 4 is 11.6 Å². The lowest BCUT2D eigenvalue weighted by Gasteiger charge is -2.34. The molecule has 0 saturated carbocycles. The van der Waals surface area contributed by atoms with E-state index in [-0.39, 0.29) is 22.4 Å². The molecule has 1 aromatic carbocycles. The van der Waals surface area contributed by atoms with Crippen LogP contribution in [0.15, 0.2) is 18.2 Å². The molecule has 0 aliphatic rings. The second kappa shape index (κ2) is 6.00. The fourth-order valence-corrected chi connectivity index (χ4v) is 1.65. The number of hydrogen-bond acceptors (Lipinski definition) is 2. The number of likely N-dealkylation sites (N-methyl/N-ethyl adjacent to an activating group) is 1. The number of rotatable bonds is 5. The summed E-state index contributed by atoms with van der Waals surface area (Å²) in [6, 6.07) is 4.99. The van der Waals surface area contributed by atoms with E-state index in [1.165, 1.54) is 6.07 Å². The zero-order chi connectivity index (χ0) is 13.9. The predicted molar refractivity (Wildman–Crippen MR) is 75.6 cm³/mol. The Morgan fingerprint density at radius 2 is 2.00 bits per heavy atom. The number of hydrogen-bond donors (Lipinski definition) is 1. The topological polar surface area (TPSA) is 15.3 Å². The molecule has 0 aromatic heterocycles. The van der Waals surface area contributed by atoms with E-state index < -0.39 is 0 Å². The fraction of sp³-hybridized carbons (Fsp3) is 0.571. The average Bonchev–Trinajstić information content (AvgIpc) is 2.29. The van der Waals surface area contributed by atoms with Crippen LogP contribution >= 0.6 is 11.6 Å². The van der Waals surface area contributed by atoms with E-state index in [4.69, 9.17) is 11.6 Å². The van der Waals surface area contributed by atoms with Gasteiger partial charge in [0.2, 0.25) is 0 Å². The molecule has 0 fully saturated rings. The van der Waals surface area contributed by atoms with Crippen LogP contribution in [0.3, 0.4) is 0 Å². The molecule has 1 aromatic rings. The number of nitrogens with one attached hydrogen (secondary N) is 1. The largest absolute Gasteiger partial charge is 0.308 e. The van der Waals surface area contributed by atoms with E-state index in [2.05, 4.69) is 45.1 Å². The van der Waals surface area contributed by atoms with Gasteiger partial charge in [-0.05, 0) is 52.6 Å². The molecular formula is C14H22ClFN2. The smallest absolute Gasteiger partial charge is 0.141 e. The molecule has 0 spiro atoms. The molecule has 0 saturated heterocycles. The van der Waals surface area contributed by atoms with Crippen LogP contribution in [0.2, 0.25) is 5.02 Å². The van der Waals surface area contributed by atoms with Gasteiger partial charge in [0, 0.05) is 18.1 Å². The van der Waals surface area contributed by atoms with Crippen LogP contribution in [0.1, 0.15) is 32.4 Å². The summed E-state index contributed by atoms with van der Waals surface area (Å²) in [7, 11) is 4.11. The maximum Gasteiger partial charge on any atom is 0.141 e. The maximum atomic E-state index is 13.1. The summed E-state index contributed by atoms with van der Waals surface area (Å²) in [5.74, 6) is -0.374. The number of benzene rings is 1. The van der Waals surface area contributed by atoms with Crippen molar-refractivity contribution in [1.29, 1.82) is 0 Å². The van der Waals surface area contributed by atoms with E-state index in [0.29, 0.717) is 0 Å². The van der Waals surface area contributed by atoms with Gasteiger partial charge in [0.25, 0.3) is 0 Å². The molecule has 0 radical (unpaired) electrons. The Bertz CT molecular complexity index is 405. The molecule has 4 heteroatoms. The molecule has 1 unspecified atom stereocenters. The van der Waals surface area contributed by atoms with Crippen LogP contribution in [-0.2, 0) is 0 Å². The first-order valence-electron chi connectivity index (χ1n) is 6.10. The molecule has 0 aliphatic carbocycles. The lowest BCUT2D eigenvalue weighted by atomic mass is 10.0. The second-order valence-electron chi connectivity index (χ2n) is 5.48. The van der Waals surface area contributed by atoms with Crippen molar-refractivity contribution in [2.24, 2.45) is 0 Å². The molecule has 102 valence electrons. The SMILES string of the molecule is CC(NCC(C)(C)N(C)C)c1ccc(F)c(Cl)c1. The minimum atomic E-state index is -0.374. The Morgan fingerprint density at radius 1 is 1.39 bits per heavy atom. The molecule has 0 heterocycles. The first-order valence-corrected chi connectivity index (χ1v) is 6.47. The Labute approximate surface area is 114 Å². The molecule has 1 N–H and O–H groups in total. The molecule has 2 nitrogen and oxygen atoms in total. The van der Waals surface area contributed by atoms with Crippen molar-refractivity contribution in [2.45, 2.75) is 32.4 Å². The molecule has 0 aliphatic heterocycles. The summed E-state index contributed by atoms with van der Waals surface area (Å²) in [5, 5.41) is 3.62. The second-order valence-corrected chi connectivity index (χ2v) is 5.89. The highest BCUT2D eigenvalue weighted by molar-refractivity contribution is 6.30. The summed E-state index contributed by atoms with van der Waals surface area (Å²) < 4.78 is 13.1. The van der Waals surface area contributed by atoms with Gasteiger partial charge in [-0.1, -0.05) is 17.7 Å². The summed E-state index contributed by atoms with van der Waals surface area (Å²) in [5.41, 5.74) is 1.06. The predicted octanol–water partition coefficient (Wildman–Crippen LogP) is 3.47. The summed E-state index contributed by atoms with van der Waals surface area (Å²) in [6.45, 7) is 7.24. The monoisotopic (exact) mass is 272 g/mol.